The number of alkyl halides is 1. The monoisotopic (exact) mass is 294 g/mol. The fourth-order valence-corrected chi connectivity index (χ4v) is 3.72. The Kier molecular flexibility index (Phi) is 3.53. The van der Waals surface area contributed by atoms with Crippen LogP contribution in [0.2, 0.25) is 0 Å². The van der Waals surface area contributed by atoms with Crippen molar-refractivity contribution in [2.75, 3.05) is 12.5 Å². The van der Waals surface area contributed by atoms with Crippen LogP contribution in [0.15, 0.2) is 15.9 Å². The first-order chi connectivity index (χ1) is 6.76. The lowest BCUT2D eigenvalue weighted by Gasteiger charge is -2.25. The molecule has 4 heteroatoms. The fraction of sp³-hybridized carbons (Fsp3) is 0.600. The molecule has 0 aromatic carbocycles. The quantitative estimate of drug-likeness (QED) is 0.770. The van der Waals surface area contributed by atoms with Gasteiger partial charge in [0.2, 0.25) is 0 Å². The molecule has 1 fully saturated rings. The summed E-state index contributed by atoms with van der Waals surface area (Å²) in [4.78, 5) is 1.34. The SMILES string of the molecule is ClCC1(Cc2sccc2Br)CCCO1. The molecule has 0 amide bonds. The van der Waals surface area contributed by atoms with Gasteiger partial charge in [-0.3, -0.25) is 0 Å². The van der Waals surface area contributed by atoms with Gasteiger partial charge in [-0.1, -0.05) is 0 Å². The predicted octanol–water partition coefficient (Wildman–Crippen LogP) is 3.84. The molecule has 0 N–H and O–H groups in total. The molecule has 2 heterocycles. The lowest BCUT2D eigenvalue weighted by Crippen LogP contribution is -2.32. The van der Waals surface area contributed by atoms with Gasteiger partial charge in [0.1, 0.15) is 0 Å². The Labute approximate surface area is 102 Å². The van der Waals surface area contributed by atoms with Crippen molar-refractivity contribution in [3.8, 4) is 0 Å². The molecule has 78 valence electrons. The Hall–Kier alpha value is 0.430. The molecule has 0 bridgehead atoms. The maximum absolute atomic E-state index is 6.00. The molecular formula is C10H12BrClOS. The number of rotatable bonds is 3. The van der Waals surface area contributed by atoms with Crippen LogP contribution < -0.4 is 0 Å². The summed E-state index contributed by atoms with van der Waals surface area (Å²) < 4.78 is 6.95. The van der Waals surface area contributed by atoms with Gasteiger partial charge in [-0.2, -0.15) is 0 Å². The zero-order valence-electron chi connectivity index (χ0n) is 7.76. The molecule has 0 spiro atoms. The number of thiophene rings is 1. The summed E-state index contributed by atoms with van der Waals surface area (Å²) in [5, 5.41) is 2.09. The molecule has 1 atom stereocenters. The number of halogens is 2. The highest BCUT2D eigenvalue weighted by Gasteiger charge is 2.35. The minimum absolute atomic E-state index is 0.102. The van der Waals surface area contributed by atoms with E-state index in [1.807, 2.05) is 0 Å². The lowest BCUT2D eigenvalue weighted by atomic mass is 9.97. The van der Waals surface area contributed by atoms with E-state index in [1.165, 1.54) is 9.35 Å². The van der Waals surface area contributed by atoms with Crippen molar-refractivity contribution in [3.63, 3.8) is 0 Å². The van der Waals surface area contributed by atoms with Crippen LogP contribution in [-0.2, 0) is 11.2 Å². The fourth-order valence-electron chi connectivity index (χ4n) is 1.79. The second-order valence-electron chi connectivity index (χ2n) is 3.64. The van der Waals surface area contributed by atoms with Crippen molar-refractivity contribution >= 4 is 38.9 Å². The van der Waals surface area contributed by atoms with Crippen LogP contribution in [0, 0.1) is 0 Å². The van der Waals surface area contributed by atoms with Gasteiger partial charge in [-0.15, -0.1) is 22.9 Å². The van der Waals surface area contributed by atoms with E-state index >= 15 is 0 Å². The topological polar surface area (TPSA) is 9.23 Å². The second kappa shape index (κ2) is 4.52. The first kappa shape index (κ1) is 10.9. The molecule has 1 unspecified atom stereocenters. The first-order valence-electron chi connectivity index (χ1n) is 4.68. The Morgan fingerprint density at radius 1 is 1.64 bits per heavy atom. The molecule has 1 aromatic heterocycles. The predicted molar refractivity (Wildman–Crippen MR) is 64.4 cm³/mol. The Bertz CT molecular complexity index is 307. The van der Waals surface area contributed by atoms with Crippen molar-refractivity contribution in [2.45, 2.75) is 24.9 Å². The van der Waals surface area contributed by atoms with Crippen molar-refractivity contribution in [1.29, 1.82) is 0 Å². The van der Waals surface area contributed by atoms with E-state index in [4.69, 9.17) is 16.3 Å². The lowest BCUT2D eigenvalue weighted by molar-refractivity contribution is 0.0243. The number of hydrogen-bond acceptors (Lipinski definition) is 2. The molecule has 1 saturated heterocycles. The minimum atomic E-state index is -0.102. The Morgan fingerprint density at radius 3 is 3.00 bits per heavy atom. The van der Waals surface area contributed by atoms with E-state index in [0.29, 0.717) is 5.88 Å². The van der Waals surface area contributed by atoms with Gasteiger partial charge in [0, 0.05) is 22.4 Å². The van der Waals surface area contributed by atoms with E-state index in [0.717, 1.165) is 25.9 Å². The smallest absolute Gasteiger partial charge is 0.0866 e. The van der Waals surface area contributed by atoms with E-state index in [9.17, 15) is 0 Å². The van der Waals surface area contributed by atoms with E-state index < -0.39 is 0 Å². The zero-order chi connectivity index (χ0) is 10.0. The third-order valence-electron chi connectivity index (χ3n) is 2.60. The summed E-state index contributed by atoms with van der Waals surface area (Å²) in [7, 11) is 0. The number of hydrogen-bond donors (Lipinski definition) is 0. The highest BCUT2D eigenvalue weighted by Crippen LogP contribution is 2.35. The van der Waals surface area contributed by atoms with Gasteiger partial charge in [0.25, 0.3) is 0 Å². The average Bonchev–Trinajstić information content (AvgIpc) is 2.79. The Morgan fingerprint density at radius 2 is 2.50 bits per heavy atom. The van der Waals surface area contributed by atoms with Crippen molar-refractivity contribution in [2.24, 2.45) is 0 Å². The third kappa shape index (κ3) is 2.16. The van der Waals surface area contributed by atoms with E-state index in [-0.39, 0.29) is 5.60 Å². The molecule has 0 saturated carbocycles. The molecule has 1 nitrogen and oxygen atoms in total. The maximum atomic E-state index is 6.00. The molecule has 2 rings (SSSR count). The van der Waals surface area contributed by atoms with Gasteiger partial charge >= 0.3 is 0 Å². The van der Waals surface area contributed by atoms with Gasteiger partial charge in [-0.25, -0.2) is 0 Å². The zero-order valence-corrected chi connectivity index (χ0v) is 10.9. The summed E-state index contributed by atoms with van der Waals surface area (Å²) >= 11 is 11.3. The molecule has 14 heavy (non-hydrogen) atoms. The van der Waals surface area contributed by atoms with Gasteiger partial charge < -0.3 is 4.74 Å². The van der Waals surface area contributed by atoms with Crippen LogP contribution in [-0.4, -0.2) is 18.1 Å². The highest BCUT2D eigenvalue weighted by molar-refractivity contribution is 9.10. The van der Waals surface area contributed by atoms with Crippen molar-refractivity contribution in [3.05, 3.63) is 20.8 Å². The summed E-state index contributed by atoms with van der Waals surface area (Å²) in [6.07, 6.45) is 3.16. The number of ether oxygens (including phenoxy) is 1. The third-order valence-corrected chi connectivity index (χ3v) is 5.02. The van der Waals surface area contributed by atoms with Crippen LogP contribution in [0.3, 0.4) is 0 Å². The van der Waals surface area contributed by atoms with Gasteiger partial charge in [0.15, 0.2) is 0 Å². The second-order valence-corrected chi connectivity index (χ2v) is 5.76. The van der Waals surface area contributed by atoms with Crippen LogP contribution in [0.4, 0.5) is 0 Å². The van der Waals surface area contributed by atoms with Crippen LogP contribution in [0.5, 0.6) is 0 Å². The molecule has 1 aromatic rings. The average molecular weight is 296 g/mol. The van der Waals surface area contributed by atoms with Gasteiger partial charge in [0.05, 0.1) is 11.5 Å². The molecule has 1 aliphatic rings. The molecule has 0 aliphatic carbocycles. The Balaban J connectivity index is 2.12. The summed E-state index contributed by atoms with van der Waals surface area (Å²) in [6, 6.07) is 2.08. The molecular weight excluding hydrogens is 284 g/mol. The highest BCUT2D eigenvalue weighted by atomic mass is 79.9. The van der Waals surface area contributed by atoms with Crippen molar-refractivity contribution in [1.82, 2.24) is 0 Å². The van der Waals surface area contributed by atoms with Crippen LogP contribution in [0.25, 0.3) is 0 Å². The molecule has 1 aliphatic heterocycles. The van der Waals surface area contributed by atoms with E-state index in [2.05, 4.69) is 27.4 Å². The largest absolute Gasteiger partial charge is 0.373 e. The van der Waals surface area contributed by atoms with Crippen LogP contribution >= 0.6 is 38.9 Å². The van der Waals surface area contributed by atoms with E-state index in [1.54, 1.807) is 11.3 Å². The minimum Gasteiger partial charge on any atom is -0.373 e. The normalized spacial score (nSPS) is 27.0. The standard InChI is InChI=1S/C10H12BrClOS/c11-8-2-5-14-9(8)6-10(7-12)3-1-4-13-10/h2,5H,1,3-4,6-7H2. The summed E-state index contributed by atoms with van der Waals surface area (Å²) in [6.45, 7) is 0.857. The van der Waals surface area contributed by atoms with Gasteiger partial charge in [-0.05, 0) is 40.2 Å². The molecule has 0 radical (unpaired) electrons. The first-order valence-corrected chi connectivity index (χ1v) is 6.88. The van der Waals surface area contributed by atoms with Crippen LogP contribution in [0.1, 0.15) is 17.7 Å². The maximum Gasteiger partial charge on any atom is 0.0866 e. The summed E-state index contributed by atoms with van der Waals surface area (Å²) in [5.41, 5.74) is -0.102. The summed E-state index contributed by atoms with van der Waals surface area (Å²) in [5.74, 6) is 0.595. The van der Waals surface area contributed by atoms with Crippen molar-refractivity contribution < 1.29 is 4.74 Å².